The third-order valence-electron chi connectivity index (χ3n) is 2.96. The Morgan fingerprint density at radius 2 is 1.96 bits per heavy atom. The number of amides is 1. The van der Waals surface area contributed by atoms with Crippen LogP contribution in [0.4, 0.5) is 5.82 Å². The van der Waals surface area contributed by atoms with Crippen molar-refractivity contribution in [1.29, 1.82) is 0 Å². The zero-order valence-corrected chi connectivity index (χ0v) is 14.7. The Labute approximate surface area is 155 Å². The Morgan fingerprint density at radius 3 is 2.56 bits per heavy atom. The van der Waals surface area contributed by atoms with E-state index in [9.17, 15) is 9.59 Å². The maximum atomic E-state index is 11.1. The molecule has 0 atom stereocenters. The van der Waals surface area contributed by atoms with Gasteiger partial charge in [-0.2, -0.15) is 0 Å². The highest BCUT2D eigenvalue weighted by Crippen LogP contribution is 1.97. The van der Waals surface area contributed by atoms with Crippen molar-refractivity contribution in [3.63, 3.8) is 0 Å². The molecule has 1 amide bonds. The lowest BCUT2D eigenvalue weighted by molar-refractivity contribution is -0.116. The first-order valence-electron chi connectivity index (χ1n) is 8.13. The summed E-state index contributed by atoms with van der Waals surface area (Å²) in [6, 6.07) is 12.3. The molecule has 3 N–H and O–H groups in total. The van der Waals surface area contributed by atoms with Crippen molar-refractivity contribution in [2.24, 2.45) is 0 Å². The standard InChI is InChI=1S/C10H13N3O2.C8H7N3O/c1-2-15-8-6-10(14)13-12-9-5-3-4-7-11-9;12-8-4-6-11(10-8)7-3-1-2-5-9-7/h3-8H,2H2,1H3,(H,11,12)(H,13,14);1-6H,(H,10,12)/b8-6+;. The zero-order valence-electron chi connectivity index (χ0n) is 14.7. The number of carbonyl (C=O) groups is 1. The molecule has 0 bridgehead atoms. The van der Waals surface area contributed by atoms with Crippen molar-refractivity contribution in [2.45, 2.75) is 6.92 Å². The summed E-state index contributed by atoms with van der Waals surface area (Å²) in [6.45, 7) is 2.38. The zero-order chi connectivity index (χ0) is 19.3. The van der Waals surface area contributed by atoms with Crippen LogP contribution in [0.25, 0.3) is 5.82 Å². The van der Waals surface area contributed by atoms with Crippen LogP contribution in [-0.4, -0.2) is 32.3 Å². The summed E-state index contributed by atoms with van der Waals surface area (Å²) in [5.41, 5.74) is 4.97. The third kappa shape index (κ3) is 7.26. The van der Waals surface area contributed by atoms with Gasteiger partial charge in [0.1, 0.15) is 5.82 Å². The van der Waals surface area contributed by atoms with Crippen molar-refractivity contribution in [2.75, 3.05) is 12.0 Å². The van der Waals surface area contributed by atoms with E-state index in [-0.39, 0.29) is 11.5 Å². The second-order valence-electron chi connectivity index (χ2n) is 4.94. The summed E-state index contributed by atoms with van der Waals surface area (Å²) in [5, 5.41) is 2.59. The number of hydrazine groups is 1. The average Bonchev–Trinajstić information content (AvgIpc) is 3.15. The summed E-state index contributed by atoms with van der Waals surface area (Å²) < 4.78 is 6.44. The summed E-state index contributed by atoms with van der Waals surface area (Å²) in [4.78, 5) is 29.9. The Kier molecular flexibility index (Phi) is 7.83. The van der Waals surface area contributed by atoms with Gasteiger partial charge in [-0.3, -0.25) is 25.5 Å². The molecule has 27 heavy (non-hydrogen) atoms. The Morgan fingerprint density at radius 1 is 1.19 bits per heavy atom. The number of aromatic amines is 1. The lowest BCUT2D eigenvalue weighted by Gasteiger charge is -2.04. The van der Waals surface area contributed by atoms with Gasteiger partial charge in [0.15, 0.2) is 5.82 Å². The molecule has 0 aliphatic carbocycles. The quantitative estimate of drug-likeness (QED) is 0.346. The second-order valence-corrected chi connectivity index (χ2v) is 4.94. The summed E-state index contributed by atoms with van der Waals surface area (Å²) >= 11 is 0. The van der Waals surface area contributed by atoms with Crippen LogP contribution in [0.5, 0.6) is 0 Å². The van der Waals surface area contributed by atoms with Crippen molar-refractivity contribution in [3.8, 4) is 5.82 Å². The van der Waals surface area contributed by atoms with E-state index in [1.807, 2.05) is 31.2 Å². The molecule has 0 aliphatic rings. The van der Waals surface area contributed by atoms with Gasteiger partial charge in [-0.15, -0.1) is 0 Å². The van der Waals surface area contributed by atoms with Gasteiger partial charge >= 0.3 is 0 Å². The number of hydrogen-bond donors (Lipinski definition) is 3. The highest BCUT2D eigenvalue weighted by atomic mass is 16.5. The van der Waals surface area contributed by atoms with Gasteiger partial charge in [-0.1, -0.05) is 12.1 Å². The maximum Gasteiger partial charge on any atom is 0.265 e. The van der Waals surface area contributed by atoms with Crippen molar-refractivity contribution < 1.29 is 9.53 Å². The number of H-pyrrole nitrogens is 1. The van der Waals surface area contributed by atoms with Gasteiger partial charge < -0.3 is 4.74 Å². The number of carbonyl (C=O) groups excluding carboxylic acids is 1. The number of rotatable bonds is 6. The van der Waals surface area contributed by atoms with Crippen LogP contribution >= 0.6 is 0 Å². The van der Waals surface area contributed by atoms with E-state index in [1.165, 1.54) is 18.4 Å². The van der Waals surface area contributed by atoms with Gasteiger partial charge in [0.25, 0.3) is 11.5 Å². The molecule has 0 saturated carbocycles. The average molecular weight is 368 g/mol. The van der Waals surface area contributed by atoms with Crippen LogP contribution < -0.4 is 16.4 Å². The molecule has 0 spiro atoms. The number of pyridine rings is 2. The minimum atomic E-state index is -0.297. The van der Waals surface area contributed by atoms with E-state index in [4.69, 9.17) is 4.74 Å². The van der Waals surface area contributed by atoms with E-state index in [0.717, 1.165) is 0 Å². The summed E-state index contributed by atoms with van der Waals surface area (Å²) in [6.07, 6.45) is 7.58. The lowest BCUT2D eigenvalue weighted by atomic mass is 10.5. The molecule has 0 saturated heterocycles. The number of hydrogen-bond acceptors (Lipinski definition) is 6. The van der Waals surface area contributed by atoms with Gasteiger partial charge in [0.2, 0.25) is 0 Å². The molecule has 3 rings (SSSR count). The van der Waals surface area contributed by atoms with Crippen LogP contribution in [0.3, 0.4) is 0 Å². The van der Waals surface area contributed by atoms with Gasteiger partial charge in [0, 0.05) is 30.7 Å². The van der Waals surface area contributed by atoms with Crippen molar-refractivity contribution in [3.05, 3.63) is 83.7 Å². The smallest absolute Gasteiger partial charge is 0.265 e. The normalized spacial score (nSPS) is 9.96. The first kappa shape index (κ1) is 19.4. The van der Waals surface area contributed by atoms with E-state index in [2.05, 4.69) is 25.9 Å². The first-order valence-corrected chi connectivity index (χ1v) is 8.13. The van der Waals surface area contributed by atoms with Gasteiger partial charge in [-0.05, 0) is 31.2 Å². The van der Waals surface area contributed by atoms with Crippen LogP contribution in [0.15, 0.2) is 78.2 Å². The van der Waals surface area contributed by atoms with E-state index in [0.29, 0.717) is 18.2 Å². The highest BCUT2D eigenvalue weighted by molar-refractivity contribution is 5.87. The molecule has 0 aromatic carbocycles. The molecule has 0 unspecified atom stereocenters. The highest BCUT2D eigenvalue weighted by Gasteiger charge is 1.95. The van der Waals surface area contributed by atoms with Gasteiger partial charge in [0.05, 0.1) is 12.9 Å². The predicted octanol–water partition coefficient (Wildman–Crippen LogP) is 1.64. The summed E-state index contributed by atoms with van der Waals surface area (Å²) in [7, 11) is 0. The van der Waals surface area contributed by atoms with E-state index in [1.54, 1.807) is 35.4 Å². The van der Waals surface area contributed by atoms with Crippen molar-refractivity contribution >= 4 is 11.7 Å². The lowest BCUT2D eigenvalue weighted by Crippen LogP contribution is -2.27. The molecular weight excluding hydrogens is 348 g/mol. The number of ether oxygens (including phenoxy) is 1. The first-order chi connectivity index (χ1) is 13.2. The third-order valence-corrected chi connectivity index (χ3v) is 2.96. The fourth-order valence-corrected chi connectivity index (χ4v) is 1.78. The SMILES string of the molecule is CCO/C=C/C(=O)NNc1ccccn1.O=c1ccn(-c2ccccn2)[nH]1. The number of nitrogens with one attached hydrogen (secondary N) is 3. The molecule has 0 radical (unpaired) electrons. The number of anilines is 1. The van der Waals surface area contributed by atoms with Crippen LogP contribution in [0, 0.1) is 0 Å². The molecule has 0 fully saturated rings. The fraction of sp³-hybridized carbons (Fsp3) is 0.111. The number of aromatic nitrogens is 4. The minimum absolute atomic E-state index is 0.124. The Hall–Kier alpha value is -3.88. The summed E-state index contributed by atoms with van der Waals surface area (Å²) in [5.74, 6) is 0.990. The largest absolute Gasteiger partial charge is 0.501 e. The second kappa shape index (κ2) is 10.9. The Balaban J connectivity index is 0.000000198. The molecule has 9 nitrogen and oxygen atoms in total. The minimum Gasteiger partial charge on any atom is -0.501 e. The van der Waals surface area contributed by atoms with Crippen LogP contribution in [0.2, 0.25) is 0 Å². The maximum absolute atomic E-state index is 11.1. The molecule has 140 valence electrons. The molecule has 9 heteroatoms. The predicted molar refractivity (Wildman–Crippen MR) is 101 cm³/mol. The number of nitrogens with zero attached hydrogens (tertiary/aromatic N) is 3. The van der Waals surface area contributed by atoms with E-state index < -0.39 is 0 Å². The van der Waals surface area contributed by atoms with Crippen molar-refractivity contribution in [1.82, 2.24) is 25.2 Å². The molecule has 3 aromatic rings. The molecule has 3 aromatic heterocycles. The molecular formula is C18H20N6O3. The monoisotopic (exact) mass is 368 g/mol. The Bertz CT molecular complexity index is 890. The molecule has 0 aliphatic heterocycles. The van der Waals surface area contributed by atoms with E-state index >= 15 is 0 Å². The van der Waals surface area contributed by atoms with Crippen LogP contribution in [-0.2, 0) is 9.53 Å². The topological polar surface area (TPSA) is 114 Å². The van der Waals surface area contributed by atoms with Crippen LogP contribution in [0.1, 0.15) is 6.92 Å². The fourth-order valence-electron chi connectivity index (χ4n) is 1.78. The molecule has 3 heterocycles. The van der Waals surface area contributed by atoms with Gasteiger partial charge in [-0.25, -0.2) is 14.6 Å².